The first-order valence-electron chi connectivity index (χ1n) is 9.73. The van der Waals surface area contributed by atoms with Crippen LogP contribution in [0.25, 0.3) is 0 Å². The minimum atomic E-state index is 0.0707. The first-order chi connectivity index (χ1) is 12.1. The Morgan fingerprint density at radius 2 is 1.20 bits per heavy atom. The number of hydrogen-bond donors (Lipinski definition) is 0. The first kappa shape index (κ1) is 26.4. The third kappa shape index (κ3) is 16.4. The summed E-state index contributed by atoms with van der Waals surface area (Å²) < 4.78 is 10.6. The minimum Gasteiger partial charge on any atom is -0.372 e. The molecule has 0 aromatic rings. The van der Waals surface area contributed by atoms with E-state index in [9.17, 15) is 9.59 Å². The average molecular weight is 361 g/mol. The molecule has 25 heavy (non-hydrogen) atoms. The molecule has 0 N–H and O–H groups in total. The Morgan fingerprint density at radius 1 is 0.800 bits per heavy atom. The van der Waals surface area contributed by atoms with E-state index in [2.05, 4.69) is 9.80 Å². The van der Waals surface area contributed by atoms with Gasteiger partial charge < -0.3 is 9.47 Å². The Kier molecular flexibility index (Phi) is 20.6. The smallest absolute Gasteiger partial charge is 0.158 e. The summed E-state index contributed by atoms with van der Waals surface area (Å²) in [6.07, 6.45) is 0.546. The van der Waals surface area contributed by atoms with E-state index in [0.717, 1.165) is 39.3 Å². The molecular weight excluding hydrogens is 320 g/mol. The molecule has 0 amide bonds. The molecular formula is C19H40N2O4. The predicted molar refractivity (Wildman–Crippen MR) is 103 cm³/mol. The zero-order valence-electron chi connectivity index (χ0n) is 17.3. The van der Waals surface area contributed by atoms with Gasteiger partial charge in [0.1, 0.15) is 13.2 Å². The van der Waals surface area contributed by atoms with E-state index in [1.807, 2.05) is 34.6 Å². The number of ether oxygens (including phenoxy) is 2. The van der Waals surface area contributed by atoms with Gasteiger partial charge in [-0.15, -0.1) is 0 Å². The Labute approximate surface area is 154 Å². The van der Waals surface area contributed by atoms with Gasteiger partial charge in [-0.2, -0.15) is 0 Å². The van der Waals surface area contributed by atoms with Crippen LogP contribution in [0.2, 0.25) is 0 Å². The quantitative estimate of drug-likeness (QED) is 0.527. The van der Waals surface area contributed by atoms with Crippen LogP contribution in [0.3, 0.4) is 0 Å². The number of rotatable bonds is 11. The van der Waals surface area contributed by atoms with Crippen molar-refractivity contribution >= 4 is 11.6 Å². The summed E-state index contributed by atoms with van der Waals surface area (Å²) in [5.41, 5.74) is 0. The maximum atomic E-state index is 11.1. The number of nitrogens with zero attached hydrogens (tertiary/aromatic N) is 2. The summed E-state index contributed by atoms with van der Waals surface area (Å²) in [6.45, 7) is 18.9. The highest BCUT2D eigenvalue weighted by molar-refractivity contribution is 5.79. The molecule has 1 heterocycles. The molecule has 0 aliphatic carbocycles. The SMILES string of the molecule is CC.CC.CCC(=O)COCCN1CCN(CCOCC(C)=O)CC1. The van der Waals surface area contributed by atoms with Crippen molar-refractivity contribution in [2.75, 3.05) is 65.7 Å². The molecule has 0 saturated carbocycles. The van der Waals surface area contributed by atoms with E-state index in [1.165, 1.54) is 6.92 Å². The van der Waals surface area contributed by atoms with Gasteiger partial charge in [-0.05, 0) is 6.92 Å². The van der Waals surface area contributed by atoms with Crippen LogP contribution < -0.4 is 0 Å². The van der Waals surface area contributed by atoms with Gasteiger partial charge in [-0.25, -0.2) is 0 Å². The van der Waals surface area contributed by atoms with Crippen molar-refractivity contribution in [1.82, 2.24) is 9.80 Å². The molecule has 0 bridgehead atoms. The Morgan fingerprint density at radius 3 is 1.56 bits per heavy atom. The fraction of sp³-hybridized carbons (Fsp3) is 0.895. The number of piperazine rings is 1. The summed E-state index contributed by atoms with van der Waals surface area (Å²) in [7, 11) is 0. The fourth-order valence-electron chi connectivity index (χ4n) is 2.13. The van der Waals surface area contributed by atoms with Crippen molar-refractivity contribution in [2.45, 2.75) is 48.0 Å². The molecule has 1 aliphatic rings. The van der Waals surface area contributed by atoms with Gasteiger partial charge in [0.2, 0.25) is 0 Å². The molecule has 1 fully saturated rings. The van der Waals surface area contributed by atoms with Crippen LogP contribution in [0.4, 0.5) is 0 Å². The molecule has 1 rings (SSSR count). The minimum absolute atomic E-state index is 0.0707. The number of hydrogen-bond acceptors (Lipinski definition) is 6. The van der Waals surface area contributed by atoms with Gasteiger partial charge in [0.05, 0.1) is 13.2 Å². The highest BCUT2D eigenvalue weighted by atomic mass is 16.5. The largest absolute Gasteiger partial charge is 0.372 e. The van der Waals surface area contributed by atoms with Gasteiger partial charge in [0, 0.05) is 45.7 Å². The van der Waals surface area contributed by atoms with Crippen molar-refractivity contribution in [3.05, 3.63) is 0 Å². The molecule has 0 atom stereocenters. The lowest BCUT2D eigenvalue weighted by atomic mass is 10.3. The zero-order valence-corrected chi connectivity index (χ0v) is 17.3. The molecule has 1 aliphatic heterocycles. The lowest BCUT2D eigenvalue weighted by Gasteiger charge is -2.34. The monoisotopic (exact) mass is 360 g/mol. The van der Waals surface area contributed by atoms with Crippen molar-refractivity contribution < 1.29 is 19.1 Å². The molecule has 0 aromatic heterocycles. The van der Waals surface area contributed by atoms with Gasteiger partial charge in [0.15, 0.2) is 11.6 Å². The summed E-state index contributed by atoms with van der Waals surface area (Å²) in [5, 5.41) is 0. The Bertz CT molecular complexity index is 317. The third-order valence-corrected chi connectivity index (χ3v) is 3.53. The molecule has 0 spiro atoms. The van der Waals surface area contributed by atoms with E-state index >= 15 is 0 Å². The van der Waals surface area contributed by atoms with E-state index in [0.29, 0.717) is 19.6 Å². The second-order valence-corrected chi connectivity index (χ2v) is 5.38. The van der Waals surface area contributed by atoms with Crippen molar-refractivity contribution in [3.8, 4) is 0 Å². The van der Waals surface area contributed by atoms with E-state index in [1.54, 1.807) is 0 Å². The fourth-order valence-corrected chi connectivity index (χ4v) is 2.13. The average Bonchev–Trinajstić information content (AvgIpc) is 2.66. The molecule has 1 saturated heterocycles. The molecule has 0 aromatic carbocycles. The topological polar surface area (TPSA) is 59.1 Å². The number of Topliss-reactive ketones (excluding diaryl/α,β-unsaturated/α-hetero) is 2. The van der Waals surface area contributed by atoms with E-state index < -0.39 is 0 Å². The second-order valence-electron chi connectivity index (χ2n) is 5.38. The van der Waals surface area contributed by atoms with Crippen molar-refractivity contribution in [3.63, 3.8) is 0 Å². The van der Waals surface area contributed by atoms with Crippen LogP contribution in [-0.4, -0.2) is 87.1 Å². The third-order valence-electron chi connectivity index (χ3n) is 3.53. The second kappa shape index (κ2) is 19.5. The maximum absolute atomic E-state index is 11.1. The van der Waals surface area contributed by atoms with Gasteiger partial charge >= 0.3 is 0 Å². The summed E-state index contributed by atoms with van der Waals surface area (Å²) in [4.78, 5) is 26.5. The van der Waals surface area contributed by atoms with Crippen LogP contribution in [0.15, 0.2) is 0 Å². The van der Waals surface area contributed by atoms with Gasteiger partial charge in [-0.3, -0.25) is 19.4 Å². The number of ketones is 2. The standard InChI is InChI=1S/C15H28N2O4.2C2H6/c1-3-15(19)13-21-11-9-17-6-4-16(5-7-17)8-10-20-12-14(2)18;2*1-2/h3-13H2,1-2H3;2*1-2H3. The maximum Gasteiger partial charge on any atom is 0.158 e. The summed E-state index contributed by atoms with van der Waals surface area (Å²) in [5.74, 6) is 0.228. The highest BCUT2D eigenvalue weighted by Gasteiger charge is 2.16. The normalized spacial score (nSPS) is 14.8. The van der Waals surface area contributed by atoms with Crippen LogP contribution >= 0.6 is 0 Å². The lowest BCUT2D eigenvalue weighted by Crippen LogP contribution is -2.48. The van der Waals surface area contributed by atoms with Crippen LogP contribution in [-0.2, 0) is 19.1 Å². The summed E-state index contributed by atoms with van der Waals surface area (Å²) >= 11 is 0. The summed E-state index contributed by atoms with van der Waals surface area (Å²) in [6, 6.07) is 0. The molecule has 6 nitrogen and oxygen atoms in total. The van der Waals surface area contributed by atoms with Crippen molar-refractivity contribution in [1.29, 1.82) is 0 Å². The molecule has 150 valence electrons. The number of carbonyl (C=O) groups excluding carboxylic acids is 2. The van der Waals surface area contributed by atoms with Crippen LogP contribution in [0.1, 0.15) is 48.0 Å². The molecule has 0 radical (unpaired) electrons. The van der Waals surface area contributed by atoms with Crippen molar-refractivity contribution in [2.24, 2.45) is 0 Å². The van der Waals surface area contributed by atoms with E-state index in [-0.39, 0.29) is 24.8 Å². The molecule has 6 heteroatoms. The zero-order chi connectivity index (χ0) is 19.5. The van der Waals surface area contributed by atoms with E-state index in [4.69, 9.17) is 9.47 Å². The van der Waals surface area contributed by atoms with Crippen LogP contribution in [0, 0.1) is 0 Å². The Hall–Kier alpha value is -0.820. The van der Waals surface area contributed by atoms with Crippen LogP contribution in [0.5, 0.6) is 0 Å². The van der Waals surface area contributed by atoms with Gasteiger partial charge in [0.25, 0.3) is 0 Å². The Balaban J connectivity index is 0. The predicted octanol–water partition coefficient (Wildman–Crippen LogP) is 2.26. The van der Waals surface area contributed by atoms with Gasteiger partial charge in [-0.1, -0.05) is 34.6 Å². The first-order valence-corrected chi connectivity index (χ1v) is 9.73. The lowest BCUT2D eigenvalue weighted by molar-refractivity contribution is -0.123. The highest BCUT2D eigenvalue weighted by Crippen LogP contribution is 2.01. The molecule has 0 unspecified atom stereocenters. The number of carbonyl (C=O) groups is 2.